The van der Waals surface area contributed by atoms with Gasteiger partial charge in [0.2, 0.25) is 0 Å². The van der Waals surface area contributed by atoms with Crippen molar-refractivity contribution < 1.29 is 31.9 Å². The third-order valence-electron chi connectivity index (χ3n) is 3.05. The summed E-state index contributed by atoms with van der Waals surface area (Å²) in [6.07, 6.45) is -4.05. The minimum Gasteiger partial charge on any atom is -0.466 e. The number of aromatic nitrogens is 1. The van der Waals surface area contributed by atoms with E-state index < -0.39 is 29.5 Å². The molecule has 0 spiro atoms. The molecule has 134 valence electrons. The van der Waals surface area contributed by atoms with Crippen molar-refractivity contribution in [3.05, 3.63) is 47.2 Å². The van der Waals surface area contributed by atoms with Gasteiger partial charge in [0.15, 0.2) is 5.13 Å². The quantitative estimate of drug-likeness (QED) is 0.476. The van der Waals surface area contributed by atoms with Gasteiger partial charge >= 0.3 is 17.8 Å². The van der Waals surface area contributed by atoms with Gasteiger partial charge in [-0.15, -0.1) is 11.3 Å². The fourth-order valence-electron chi connectivity index (χ4n) is 1.83. The number of ether oxygens (including phenoxy) is 1. The van der Waals surface area contributed by atoms with Crippen LogP contribution in [0.2, 0.25) is 0 Å². The Labute approximate surface area is 142 Å². The van der Waals surface area contributed by atoms with Crippen molar-refractivity contribution in [1.82, 2.24) is 10.3 Å². The highest BCUT2D eigenvalue weighted by Gasteiger charge is 2.64. The van der Waals surface area contributed by atoms with Gasteiger partial charge in [-0.1, -0.05) is 0 Å². The Balaban J connectivity index is 2.43. The normalized spacial score (nSPS) is 13.6. The molecule has 25 heavy (non-hydrogen) atoms. The van der Waals surface area contributed by atoms with Crippen LogP contribution < -0.4 is 10.6 Å². The number of amides is 1. The first-order valence-corrected chi connectivity index (χ1v) is 7.48. The molecular formula is C14H11F4N3O3S. The van der Waals surface area contributed by atoms with Crippen molar-refractivity contribution in [1.29, 1.82) is 0 Å². The van der Waals surface area contributed by atoms with Crippen molar-refractivity contribution >= 4 is 28.3 Å². The third-order valence-corrected chi connectivity index (χ3v) is 3.74. The Hall–Kier alpha value is -2.69. The van der Waals surface area contributed by atoms with Crippen LogP contribution in [0.1, 0.15) is 10.4 Å². The fraction of sp³-hybridized carbons (Fsp3) is 0.214. The summed E-state index contributed by atoms with van der Waals surface area (Å²) in [4.78, 5) is 27.7. The summed E-state index contributed by atoms with van der Waals surface area (Å²) < 4.78 is 58.2. The number of hydrogen-bond acceptors (Lipinski definition) is 6. The minimum absolute atomic E-state index is 0.262. The molecule has 0 aliphatic heterocycles. The number of thiazole rings is 1. The Bertz CT molecular complexity index is 750. The molecular weight excluding hydrogens is 366 g/mol. The maximum atomic E-state index is 13.7. The van der Waals surface area contributed by atoms with Gasteiger partial charge in [0, 0.05) is 17.1 Å². The number of rotatable bonds is 5. The average Bonchev–Trinajstić information content (AvgIpc) is 3.05. The summed E-state index contributed by atoms with van der Waals surface area (Å²) in [5.74, 6) is -3.72. The number of alkyl halides is 3. The number of benzene rings is 1. The van der Waals surface area contributed by atoms with Gasteiger partial charge in [-0.05, 0) is 24.3 Å². The molecule has 6 nitrogen and oxygen atoms in total. The van der Waals surface area contributed by atoms with Gasteiger partial charge in [-0.3, -0.25) is 4.79 Å². The summed E-state index contributed by atoms with van der Waals surface area (Å²) in [7, 11) is 0.746. The molecule has 0 saturated carbocycles. The number of hydrogen-bond donors (Lipinski definition) is 2. The molecule has 0 unspecified atom stereocenters. The second kappa shape index (κ2) is 7.05. The fourth-order valence-corrected chi connectivity index (χ4v) is 2.42. The van der Waals surface area contributed by atoms with Crippen LogP contribution in [-0.2, 0) is 9.53 Å². The number of halogens is 4. The maximum absolute atomic E-state index is 13.7. The molecule has 0 aliphatic rings. The van der Waals surface area contributed by atoms with Crippen molar-refractivity contribution in [3.63, 3.8) is 0 Å². The lowest BCUT2D eigenvalue weighted by Crippen LogP contribution is -2.69. The SMILES string of the molecule is COC(=O)[C@@](NC(=O)c1ccc(F)cc1)(Nc1nccs1)C(F)(F)F. The molecule has 11 heteroatoms. The topological polar surface area (TPSA) is 80.3 Å². The van der Waals surface area contributed by atoms with E-state index in [1.165, 1.54) is 11.6 Å². The van der Waals surface area contributed by atoms with Gasteiger partial charge < -0.3 is 15.4 Å². The Kier molecular flexibility index (Phi) is 5.26. The first-order valence-electron chi connectivity index (χ1n) is 6.60. The number of carbonyl (C=O) groups is 2. The second-order valence-electron chi connectivity index (χ2n) is 4.66. The Morgan fingerprint density at radius 1 is 1.20 bits per heavy atom. The lowest BCUT2D eigenvalue weighted by molar-refractivity contribution is -0.203. The van der Waals surface area contributed by atoms with E-state index in [1.54, 1.807) is 5.32 Å². The van der Waals surface area contributed by atoms with E-state index in [-0.39, 0.29) is 10.7 Å². The number of nitrogens with zero attached hydrogens (tertiary/aromatic N) is 1. The van der Waals surface area contributed by atoms with E-state index in [9.17, 15) is 27.2 Å². The summed E-state index contributed by atoms with van der Waals surface area (Å²) >= 11 is 0.788. The van der Waals surface area contributed by atoms with Crippen LogP contribution in [0, 0.1) is 5.82 Å². The van der Waals surface area contributed by atoms with Crippen LogP contribution in [0.4, 0.5) is 22.7 Å². The molecule has 0 aliphatic carbocycles. The summed E-state index contributed by atoms with van der Waals surface area (Å²) in [6, 6.07) is 3.76. The zero-order valence-electron chi connectivity index (χ0n) is 12.6. The number of nitrogens with one attached hydrogen (secondary N) is 2. The van der Waals surface area contributed by atoms with Gasteiger partial charge in [-0.25, -0.2) is 14.2 Å². The number of esters is 1. The lowest BCUT2D eigenvalue weighted by Gasteiger charge is -2.34. The third kappa shape index (κ3) is 3.87. The number of carbonyl (C=O) groups excluding carboxylic acids is 2. The summed E-state index contributed by atoms with van der Waals surface area (Å²) in [5, 5.41) is 4.58. The molecule has 2 aromatic rings. The number of anilines is 1. The first kappa shape index (κ1) is 18.6. The van der Waals surface area contributed by atoms with Crippen molar-refractivity contribution in [2.75, 3.05) is 12.4 Å². The van der Waals surface area contributed by atoms with Gasteiger partial charge in [0.25, 0.3) is 5.91 Å². The smallest absolute Gasteiger partial charge is 0.442 e. The van der Waals surface area contributed by atoms with Crippen LogP contribution in [0.25, 0.3) is 0 Å². The predicted molar refractivity (Wildman–Crippen MR) is 80.4 cm³/mol. The molecule has 1 aromatic heterocycles. The van der Waals surface area contributed by atoms with Crippen LogP contribution in [0.3, 0.4) is 0 Å². The van der Waals surface area contributed by atoms with Gasteiger partial charge in [0.1, 0.15) is 5.82 Å². The van der Waals surface area contributed by atoms with Crippen molar-refractivity contribution in [2.24, 2.45) is 0 Å². The monoisotopic (exact) mass is 377 g/mol. The van der Waals surface area contributed by atoms with E-state index in [2.05, 4.69) is 9.72 Å². The minimum atomic E-state index is -5.26. The largest absolute Gasteiger partial charge is 0.466 e. The van der Waals surface area contributed by atoms with E-state index >= 15 is 0 Å². The summed E-state index contributed by atoms with van der Waals surface area (Å²) in [6.45, 7) is 0. The molecule has 1 heterocycles. The molecule has 1 aromatic carbocycles. The maximum Gasteiger partial charge on any atom is 0.442 e. The predicted octanol–water partition coefficient (Wildman–Crippen LogP) is 2.56. The van der Waals surface area contributed by atoms with E-state index in [0.29, 0.717) is 0 Å². The molecule has 2 N–H and O–H groups in total. The zero-order valence-corrected chi connectivity index (χ0v) is 13.4. The second-order valence-corrected chi connectivity index (χ2v) is 5.56. The molecule has 2 rings (SSSR count). The Morgan fingerprint density at radius 2 is 1.84 bits per heavy atom. The van der Waals surface area contributed by atoms with E-state index in [1.807, 2.05) is 5.32 Å². The van der Waals surface area contributed by atoms with Crippen LogP contribution in [0.15, 0.2) is 35.8 Å². The van der Waals surface area contributed by atoms with Crippen molar-refractivity contribution in [3.8, 4) is 0 Å². The highest BCUT2D eigenvalue weighted by molar-refractivity contribution is 7.13. The van der Waals surface area contributed by atoms with Crippen LogP contribution >= 0.6 is 11.3 Å². The van der Waals surface area contributed by atoms with Crippen molar-refractivity contribution in [2.45, 2.75) is 11.8 Å². The van der Waals surface area contributed by atoms with Gasteiger partial charge in [0.05, 0.1) is 7.11 Å². The van der Waals surface area contributed by atoms with E-state index in [0.717, 1.165) is 42.7 Å². The molecule has 1 amide bonds. The Morgan fingerprint density at radius 3 is 2.32 bits per heavy atom. The molecule has 0 fully saturated rings. The van der Waals surface area contributed by atoms with Crippen LogP contribution in [0.5, 0.6) is 0 Å². The number of methoxy groups -OCH3 is 1. The first-order chi connectivity index (χ1) is 11.7. The highest BCUT2D eigenvalue weighted by Crippen LogP contribution is 2.33. The highest BCUT2D eigenvalue weighted by atomic mass is 32.1. The molecule has 1 atom stereocenters. The summed E-state index contributed by atoms with van der Waals surface area (Å²) in [5.41, 5.74) is -3.84. The zero-order chi connectivity index (χ0) is 18.7. The standard InChI is InChI=1S/C14H11F4N3O3S/c1-24-11(23)13(14(16,17)18,21-12-19-6-7-25-12)20-10(22)8-2-4-9(15)5-3-8/h2-7H,1H3,(H,19,21)(H,20,22)/t13-/m1/s1. The van der Waals surface area contributed by atoms with E-state index in [4.69, 9.17) is 0 Å². The molecule has 0 bridgehead atoms. The van der Waals surface area contributed by atoms with Gasteiger partial charge in [-0.2, -0.15) is 13.2 Å². The molecule has 0 saturated heterocycles. The average molecular weight is 377 g/mol. The van der Waals surface area contributed by atoms with Crippen LogP contribution in [-0.4, -0.2) is 35.8 Å². The lowest BCUT2D eigenvalue weighted by atomic mass is 10.1. The molecule has 0 radical (unpaired) electrons.